The Labute approximate surface area is 93.4 Å². The average molecular weight is 288 g/mol. The van der Waals surface area contributed by atoms with Crippen molar-refractivity contribution in [2.45, 2.75) is 59.4 Å². The molecule has 0 amide bonds. The van der Waals surface area contributed by atoms with Crippen molar-refractivity contribution in [3.05, 3.63) is 0 Å². The van der Waals surface area contributed by atoms with Gasteiger partial charge in [-0.1, -0.05) is 59.4 Å². The molecule has 0 nitrogen and oxygen atoms in total. The van der Waals surface area contributed by atoms with Crippen molar-refractivity contribution in [2.24, 2.45) is 0 Å². The molecule has 80 valence electrons. The van der Waals surface area contributed by atoms with Crippen LogP contribution in [0.2, 0.25) is 0 Å². The first-order valence-electron chi connectivity index (χ1n) is 0. The van der Waals surface area contributed by atoms with Crippen LogP contribution in [-0.4, -0.2) is 0 Å². The van der Waals surface area contributed by atoms with Gasteiger partial charge in [0, 0.05) is 0 Å². The average Bonchev–Trinajstić information content (AvgIpc) is 0. The van der Waals surface area contributed by atoms with Crippen molar-refractivity contribution in [1.29, 1.82) is 0 Å². The van der Waals surface area contributed by atoms with Gasteiger partial charge in [-0.3, -0.25) is 0 Å². The van der Waals surface area contributed by atoms with Crippen molar-refractivity contribution >= 4 is 0 Å². The molecule has 2 heteroatoms. The first-order valence-corrected chi connectivity index (χ1v) is 0. The smallest absolute Gasteiger partial charge is 0.0776 e. The Morgan fingerprint density at radius 3 is 0.200 bits per heavy atom. The molecule has 0 fully saturated rings. The van der Waals surface area contributed by atoms with E-state index in [1.807, 2.05) is 0 Å². The van der Waals surface area contributed by atoms with Gasteiger partial charge in [0.05, 0.1) is 0 Å². The van der Waals surface area contributed by atoms with Crippen LogP contribution in [0.4, 0.5) is 0 Å². The molecule has 0 saturated heterocycles. The summed E-state index contributed by atoms with van der Waals surface area (Å²) in [5.74, 6) is 0. The zero-order valence-corrected chi connectivity index (χ0v) is 3.93. The Morgan fingerprint density at radius 1 is 0.200 bits per heavy atom. The summed E-state index contributed by atoms with van der Waals surface area (Å²) >= 11 is 0. The minimum Gasteiger partial charge on any atom is -1.00 e. The van der Waals surface area contributed by atoms with Gasteiger partial charge >= 0.3 is 0 Å². The highest BCUT2D eigenvalue weighted by Crippen LogP contribution is 0.151. The minimum absolute atomic E-state index is 0. The van der Waals surface area contributed by atoms with E-state index in [0.29, 0.717) is 0 Å². The van der Waals surface area contributed by atoms with Crippen molar-refractivity contribution in [2.75, 3.05) is 0 Å². The molecule has 0 aromatic carbocycles. The fourth-order valence-electron chi connectivity index (χ4n) is 0. The zero-order chi connectivity index (χ0) is 0. The van der Waals surface area contributed by atoms with E-state index in [2.05, 4.69) is 0 Å². The molecule has 0 aliphatic carbocycles. The van der Waals surface area contributed by atoms with Crippen molar-refractivity contribution in [3.63, 3.8) is 0 Å². The van der Waals surface area contributed by atoms with Crippen LogP contribution in [0.3, 0.4) is 0 Å². The van der Waals surface area contributed by atoms with Crippen molar-refractivity contribution in [3.8, 4) is 0 Å². The van der Waals surface area contributed by atoms with E-state index in [-0.39, 0.29) is 93.4 Å². The number of halogens is 2. The summed E-state index contributed by atoms with van der Waals surface area (Å²) in [5, 5.41) is 0. The van der Waals surface area contributed by atoms with Crippen LogP contribution in [0.1, 0.15) is 59.4 Å². The molecular weight excluding hydrogens is 256 g/mol. The van der Waals surface area contributed by atoms with Crippen molar-refractivity contribution in [1.82, 2.24) is 0 Å². The molecule has 0 bridgehead atoms. The molecule has 0 heterocycles. The van der Waals surface area contributed by atoms with Crippen LogP contribution < -0.4 is 34.0 Å². The van der Waals surface area contributed by atoms with Gasteiger partial charge in [0.1, 0.15) is 0 Å². The van der Waals surface area contributed by atoms with E-state index in [0.717, 1.165) is 0 Å². The van der Waals surface area contributed by atoms with E-state index >= 15 is 0 Å². The van der Waals surface area contributed by atoms with E-state index in [9.17, 15) is 0 Å². The maximum Gasteiger partial charge on any atom is -0.0776 e. The number of hydrogen-bond acceptors (Lipinski definition) is 0. The van der Waals surface area contributed by atoms with Crippen molar-refractivity contribution < 1.29 is 34.0 Å². The van der Waals surface area contributed by atoms with Crippen LogP contribution in [0, 0.1) is 0 Å². The van der Waals surface area contributed by atoms with Crippen LogP contribution in [-0.2, 0) is 0 Å². The molecule has 0 aliphatic rings. The molecule has 10 heavy (non-hydrogen) atoms. The van der Waals surface area contributed by atoms with E-state index in [1.165, 1.54) is 0 Å². The fourth-order valence-corrected chi connectivity index (χ4v) is 0. The van der Waals surface area contributed by atoms with Gasteiger partial charge in [0.2, 0.25) is 0 Å². The van der Waals surface area contributed by atoms with Gasteiger partial charge in [0.25, 0.3) is 0 Å². The summed E-state index contributed by atoms with van der Waals surface area (Å²) in [4.78, 5) is 0. The van der Waals surface area contributed by atoms with E-state index < -0.39 is 0 Å². The Balaban J connectivity index is 0. The van der Waals surface area contributed by atoms with Gasteiger partial charge in [-0.05, 0) is 0 Å². The second-order valence-corrected chi connectivity index (χ2v) is 0. The molecule has 0 aromatic heterocycles. The fraction of sp³-hybridized carbons (Fsp3) is 1.00. The van der Waals surface area contributed by atoms with Gasteiger partial charge in [0.15, 0.2) is 0 Å². The highest BCUT2D eigenvalue weighted by Gasteiger charge is -0.0705. The zero-order valence-electron chi connectivity index (χ0n) is 0.756. The SMILES string of the molecule is C.C.C.C.C.C.C.C.[Br-].[Br-]. The van der Waals surface area contributed by atoms with Gasteiger partial charge in [-0.25, -0.2) is 0 Å². The summed E-state index contributed by atoms with van der Waals surface area (Å²) in [6, 6.07) is 0. The lowest BCUT2D eigenvalue weighted by atomic mass is 12.0. The lowest BCUT2D eigenvalue weighted by Crippen LogP contribution is -3.00. The maximum atomic E-state index is 0. The molecule has 0 N–H and O–H groups in total. The maximum absolute atomic E-state index is 0. The molecule has 0 atom stereocenters. The highest BCUT2D eigenvalue weighted by atomic mass is 79.9. The third-order valence-corrected chi connectivity index (χ3v) is 0. The topological polar surface area (TPSA) is 0 Å². The normalized spacial score (nSPS) is 0. The van der Waals surface area contributed by atoms with E-state index in [1.54, 1.807) is 0 Å². The Morgan fingerprint density at radius 2 is 0.200 bits per heavy atom. The second-order valence-electron chi connectivity index (χ2n) is 0. The predicted molar refractivity (Wildman–Crippen MR) is 53.8 cm³/mol. The number of hydrogen-bond donors (Lipinski definition) is 0. The van der Waals surface area contributed by atoms with E-state index in [4.69, 9.17) is 0 Å². The summed E-state index contributed by atoms with van der Waals surface area (Å²) < 4.78 is 0. The minimum atomic E-state index is 0. The second kappa shape index (κ2) is 868. The first kappa shape index (κ1) is 1180. The molecule has 0 aromatic rings. The highest BCUT2D eigenvalue weighted by molar-refractivity contribution is 2.51. The molecule has 0 unspecified atom stereocenters. The lowest BCUT2D eigenvalue weighted by molar-refractivity contribution is -0.001000. The standard InChI is InChI=1S/8CH4.2BrH/h8*1H4;2*1H/p-2. The molecular formula is C8H32Br2-2. The van der Waals surface area contributed by atoms with Gasteiger partial charge in [-0.2, -0.15) is 0 Å². The van der Waals surface area contributed by atoms with Gasteiger partial charge in [-0.15, -0.1) is 0 Å². The predicted octanol–water partition coefficient (Wildman–Crippen LogP) is -0.903. The van der Waals surface area contributed by atoms with Crippen LogP contribution in [0.5, 0.6) is 0 Å². The van der Waals surface area contributed by atoms with Crippen LogP contribution >= 0.6 is 0 Å². The molecule has 0 rings (SSSR count). The monoisotopic (exact) mass is 286 g/mol. The number of rotatable bonds is 0. The lowest BCUT2D eigenvalue weighted by Gasteiger charge is -1.00. The summed E-state index contributed by atoms with van der Waals surface area (Å²) in [5.41, 5.74) is 0. The summed E-state index contributed by atoms with van der Waals surface area (Å²) in [7, 11) is 0. The summed E-state index contributed by atoms with van der Waals surface area (Å²) in [6.07, 6.45) is 0. The third-order valence-electron chi connectivity index (χ3n) is 0. The Bertz CT molecular complexity index is 7.22. The first-order chi connectivity index (χ1) is 0. The largest absolute Gasteiger partial charge is 1.00 e. The molecule has 0 saturated carbocycles. The van der Waals surface area contributed by atoms with Crippen LogP contribution in [0.15, 0.2) is 0 Å². The quantitative estimate of drug-likeness (QED) is 0.542. The molecule has 0 aliphatic heterocycles. The Hall–Kier alpha value is 0.960. The molecule has 0 radical (unpaired) electrons. The Kier molecular flexibility index (Phi) is 102000. The summed E-state index contributed by atoms with van der Waals surface area (Å²) in [6.45, 7) is 0. The van der Waals surface area contributed by atoms with Crippen LogP contribution in [0.25, 0.3) is 0 Å². The molecule has 0 spiro atoms. The third kappa shape index (κ3) is 616. The van der Waals surface area contributed by atoms with Gasteiger partial charge < -0.3 is 34.0 Å².